The van der Waals surface area contributed by atoms with E-state index in [0.717, 1.165) is 31.5 Å². The van der Waals surface area contributed by atoms with Crippen LogP contribution in [0.5, 0.6) is 11.5 Å². The molecule has 0 bridgehead atoms. The molecule has 0 radical (unpaired) electrons. The van der Waals surface area contributed by atoms with Gasteiger partial charge >= 0.3 is 0 Å². The maximum atomic E-state index is 11.2. The van der Waals surface area contributed by atoms with Gasteiger partial charge in [-0.05, 0) is 38.7 Å². The molecule has 0 spiro atoms. The van der Waals surface area contributed by atoms with Crippen LogP contribution in [0, 0.1) is 11.8 Å². The second kappa shape index (κ2) is 5.88. The molecule has 6 nitrogen and oxygen atoms in total. The third-order valence-electron chi connectivity index (χ3n) is 5.96. The summed E-state index contributed by atoms with van der Waals surface area (Å²) in [6, 6.07) is 5.49. The lowest BCUT2D eigenvalue weighted by atomic mass is 9.70. The molecule has 3 aliphatic rings. The van der Waals surface area contributed by atoms with Crippen molar-refractivity contribution in [1.82, 2.24) is 4.90 Å². The van der Waals surface area contributed by atoms with Crippen molar-refractivity contribution in [2.75, 3.05) is 19.6 Å². The maximum Gasteiger partial charge on any atom is 0.231 e. The lowest BCUT2D eigenvalue weighted by Crippen LogP contribution is -2.55. The Morgan fingerprint density at radius 2 is 2.24 bits per heavy atom. The molecule has 4 atom stereocenters. The second-order valence-electron chi connectivity index (χ2n) is 8.09. The van der Waals surface area contributed by atoms with Gasteiger partial charge in [0.2, 0.25) is 5.91 Å². The third-order valence-corrected chi connectivity index (χ3v) is 5.96. The molecule has 1 amide bonds. The number of nitrogens with zero attached hydrogens (tertiary/aromatic N) is 1. The molecule has 0 aromatic heterocycles. The van der Waals surface area contributed by atoms with Gasteiger partial charge in [-0.25, -0.2) is 0 Å². The van der Waals surface area contributed by atoms with Crippen LogP contribution in [0.1, 0.15) is 38.4 Å². The summed E-state index contributed by atoms with van der Waals surface area (Å²) >= 11 is 0. The Labute approximate surface area is 147 Å². The summed E-state index contributed by atoms with van der Waals surface area (Å²) in [5.41, 5.74) is 5.88. The van der Waals surface area contributed by atoms with Crippen LogP contribution in [-0.2, 0) is 9.53 Å². The molecule has 2 fully saturated rings. The number of hydrogen-bond donors (Lipinski definition) is 2. The Bertz CT molecular complexity index is 690. The molecule has 0 unspecified atom stereocenters. The first-order valence-corrected chi connectivity index (χ1v) is 9.02. The fourth-order valence-corrected chi connectivity index (χ4v) is 4.74. The van der Waals surface area contributed by atoms with Crippen LogP contribution >= 0.6 is 0 Å². The molecule has 6 heteroatoms. The molecule has 1 aromatic carbocycles. The molecule has 3 heterocycles. The minimum absolute atomic E-state index is 0.0604. The number of nitrogens with two attached hydrogens (primary N) is 1. The van der Waals surface area contributed by atoms with Crippen molar-refractivity contribution in [3.63, 3.8) is 0 Å². The van der Waals surface area contributed by atoms with Crippen molar-refractivity contribution in [1.29, 1.82) is 0 Å². The smallest absolute Gasteiger partial charge is 0.231 e. The Balaban J connectivity index is 1.61. The number of carbonyl (C=O) groups excluding carboxylic acids is 1. The van der Waals surface area contributed by atoms with Crippen LogP contribution in [0.25, 0.3) is 0 Å². The first kappa shape index (κ1) is 16.7. The second-order valence-corrected chi connectivity index (χ2v) is 8.09. The van der Waals surface area contributed by atoms with E-state index in [1.807, 2.05) is 12.1 Å². The van der Waals surface area contributed by atoms with Crippen LogP contribution in [0.4, 0.5) is 0 Å². The zero-order valence-electron chi connectivity index (χ0n) is 14.8. The maximum absolute atomic E-state index is 11.2. The van der Waals surface area contributed by atoms with Gasteiger partial charge in [0.25, 0.3) is 0 Å². The van der Waals surface area contributed by atoms with Crippen molar-refractivity contribution >= 4 is 5.91 Å². The zero-order valence-corrected chi connectivity index (χ0v) is 14.8. The number of amides is 1. The number of para-hydroxylation sites is 1. The average molecular weight is 346 g/mol. The Kier molecular flexibility index (Phi) is 3.92. The summed E-state index contributed by atoms with van der Waals surface area (Å²) in [5.74, 6) is 1.02. The minimum atomic E-state index is -0.423. The molecule has 0 aliphatic carbocycles. The highest BCUT2D eigenvalue weighted by molar-refractivity contribution is 5.75. The summed E-state index contributed by atoms with van der Waals surface area (Å²) in [6.07, 6.45) is 1.99. The van der Waals surface area contributed by atoms with Gasteiger partial charge in [0.05, 0.1) is 18.8 Å². The molecule has 3 N–H and O–H groups in total. The number of phenols is 1. The average Bonchev–Trinajstić information content (AvgIpc) is 2.54. The standard InChI is InChI=1S/C19H26N2O4/c1-19(2)13-8-11-9-21(10-16(20)23)7-6-15(11)24-17(13)12-4-3-5-14(22)18(12)25-19/h3-5,11,13,15,17,22H,6-10H2,1-2H3,(H2,20,23)/t11-,13+,15+,17-/m0/s1. The van der Waals surface area contributed by atoms with E-state index in [1.54, 1.807) is 6.07 Å². The minimum Gasteiger partial charge on any atom is -0.504 e. The van der Waals surface area contributed by atoms with E-state index >= 15 is 0 Å². The molecule has 136 valence electrons. The monoisotopic (exact) mass is 346 g/mol. The van der Waals surface area contributed by atoms with Gasteiger partial charge in [0, 0.05) is 24.6 Å². The number of aromatic hydroxyl groups is 1. The fraction of sp³-hybridized carbons (Fsp3) is 0.632. The number of rotatable bonds is 2. The normalized spacial score (nSPS) is 33.5. The van der Waals surface area contributed by atoms with Crippen LogP contribution in [-0.4, -0.2) is 47.3 Å². The van der Waals surface area contributed by atoms with Gasteiger partial charge < -0.3 is 20.3 Å². The van der Waals surface area contributed by atoms with Gasteiger partial charge in [-0.3, -0.25) is 9.69 Å². The van der Waals surface area contributed by atoms with Crippen molar-refractivity contribution in [3.8, 4) is 11.5 Å². The predicted octanol–water partition coefficient (Wildman–Crippen LogP) is 1.82. The first-order chi connectivity index (χ1) is 11.8. The summed E-state index contributed by atoms with van der Waals surface area (Å²) < 4.78 is 12.7. The predicted molar refractivity (Wildman–Crippen MR) is 92.3 cm³/mol. The molecular weight excluding hydrogens is 320 g/mol. The molecular formula is C19H26N2O4. The molecule has 3 aliphatic heterocycles. The highest BCUT2D eigenvalue weighted by atomic mass is 16.5. The first-order valence-electron chi connectivity index (χ1n) is 9.02. The third kappa shape index (κ3) is 2.87. The molecule has 2 saturated heterocycles. The largest absolute Gasteiger partial charge is 0.504 e. The summed E-state index contributed by atoms with van der Waals surface area (Å²) in [7, 11) is 0. The van der Waals surface area contributed by atoms with Gasteiger partial charge in [-0.1, -0.05) is 12.1 Å². The van der Waals surface area contributed by atoms with Crippen molar-refractivity contribution in [2.24, 2.45) is 17.6 Å². The van der Waals surface area contributed by atoms with Crippen LogP contribution in [0.2, 0.25) is 0 Å². The number of fused-ring (bicyclic) bond motifs is 4. The van der Waals surface area contributed by atoms with E-state index in [4.69, 9.17) is 15.2 Å². The Morgan fingerprint density at radius 1 is 1.44 bits per heavy atom. The van der Waals surface area contributed by atoms with Gasteiger partial charge in [-0.2, -0.15) is 0 Å². The lowest BCUT2D eigenvalue weighted by Gasteiger charge is -2.53. The number of phenolic OH excluding ortho intramolecular Hbond substituents is 1. The quantitative estimate of drug-likeness (QED) is 0.853. The van der Waals surface area contributed by atoms with E-state index in [9.17, 15) is 9.90 Å². The number of ether oxygens (including phenoxy) is 2. The van der Waals surface area contributed by atoms with Crippen LogP contribution in [0.15, 0.2) is 18.2 Å². The number of primary amides is 1. The molecule has 0 saturated carbocycles. The number of benzene rings is 1. The number of piperidine rings is 1. The van der Waals surface area contributed by atoms with Gasteiger partial charge in [0.1, 0.15) is 5.60 Å². The number of hydrogen-bond acceptors (Lipinski definition) is 5. The fourth-order valence-electron chi connectivity index (χ4n) is 4.74. The topological polar surface area (TPSA) is 85.0 Å². The highest BCUT2D eigenvalue weighted by Crippen LogP contribution is 2.54. The molecule has 4 rings (SSSR count). The molecule has 1 aromatic rings. The SMILES string of the molecule is CC1(C)Oc2c(O)cccc2[C@@H]2O[C@@H]3CCN(CC(N)=O)C[C@@H]3C[C@H]21. The summed E-state index contributed by atoms with van der Waals surface area (Å²) in [6.45, 7) is 6.10. The zero-order chi connectivity index (χ0) is 17.8. The lowest BCUT2D eigenvalue weighted by molar-refractivity contribution is -0.187. The van der Waals surface area contributed by atoms with Gasteiger partial charge in [0.15, 0.2) is 11.5 Å². The van der Waals surface area contributed by atoms with E-state index in [2.05, 4.69) is 18.7 Å². The highest BCUT2D eigenvalue weighted by Gasteiger charge is 2.51. The van der Waals surface area contributed by atoms with Gasteiger partial charge in [-0.15, -0.1) is 0 Å². The molecule has 25 heavy (non-hydrogen) atoms. The summed E-state index contributed by atoms with van der Waals surface area (Å²) in [5, 5.41) is 10.2. The van der Waals surface area contributed by atoms with Crippen molar-refractivity contribution < 1.29 is 19.4 Å². The summed E-state index contributed by atoms with van der Waals surface area (Å²) in [4.78, 5) is 13.4. The number of carbonyl (C=O) groups is 1. The number of likely N-dealkylation sites (tertiary alicyclic amines) is 1. The van der Waals surface area contributed by atoms with E-state index in [0.29, 0.717) is 18.2 Å². The van der Waals surface area contributed by atoms with E-state index < -0.39 is 5.60 Å². The Hall–Kier alpha value is -1.79. The van der Waals surface area contributed by atoms with Crippen molar-refractivity contribution in [2.45, 2.75) is 44.5 Å². The van der Waals surface area contributed by atoms with Crippen LogP contribution in [0.3, 0.4) is 0 Å². The van der Waals surface area contributed by atoms with Crippen molar-refractivity contribution in [3.05, 3.63) is 23.8 Å². The van der Waals surface area contributed by atoms with E-state index in [1.165, 1.54) is 0 Å². The van der Waals surface area contributed by atoms with Crippen LogP contribution < -0.4 is 10.5 Å². The van der Waals surface area contributed by atoms with E-state index in [-0.39, 0.29) is 29.8 Å². The Morgan fingerprint density at radius 3 is 3.00 bits per heavy atom.